The third kappa shape index (κ3) is 4.61. The van der Waals surface area contributed by atoms with Crippen molar-refractivity contribution in [2.24, 2.45) is 5.73 Å². The highest BCUT2D eigenvalue weighted by Gasteiger charge is 2.29. The summed E-state index contributed by atoms with van der Waals surface area (Å²) in [6.45, 7) is 5.75. The molecule has 0 radical (unpaired) electrons. The lowest BCUT2D eigenvalue weighted by atomic mass is 9.97. The van der Waals surface area contributed by atoms with E-state index in [0.717, 1.165) is 19.3 Å². The molecule has 3 rings (SSSR count). The Balaban J connectivity index is 1.60. The van der Waals surface area contributed by atoms with E-state index in [1.807, 2.05) is 4.90 Å². The van der Waals surface area contributed by atoms with Gasteiger partial charge in [-0.25, -0.2) is 0 Å². The molecule has 2 heterocycles. The van der Waals surface area contributed by atoms with E-state index in [-0.39, 0.29) is 36.0 Å². The lowest BCUT2D eigenvalue weighted by molar-refractivity contribution is -0.139. The molecule has 1 saturated heterocycles. The van der Waals surface area contributed by atoms with Gasteiger partial charge in [-0.15, -0.1) is 0 Å². The second-order valence-electron chi connectivity index (χ2n) is 7.63. The second kappa shape index (κ2) is 8.98. The minimum Gasteiger partial charge on any atom is -0.484 e. The molecule has 4 N–H and O–H groups in total. The molecule has 0 spiro atoms. The minimum atomic E-state index is -0.736. The summed E-state index contributed by atoms with van der Waals surface area (Å²) in [6.07, 6.45) is 3.15. The Morgan fingerprint density at radius 1 is 1.20 bits per heavy atom. The maximum absolute atomic E-state index is 12.6. The van der Waals surface area contributed by atoms with Crippen LogP contribution in [0.4, 0.5) is 5.69 Å². The van der Waals surface area contributed by atoms with Gasteiger partial charge in [0.05, 0.1) is 11.4 Å². The molecule has 1 aromatic heterocycles. The number of benzene rings is 1. The summed E-state index contributed by atoms with van der Waals surface area (Å²) in [5.74, 6) is -0.693. The number of nitrogens with one attached hydrogen (secondary N) is 2. The number of primary amides is 1. The van der Waals surface area contributed by atoms with E-state index in [2.05, 4.69) is 29.4 Å². The number of likely N-dealkylation sites (tertiary alicyclic amines) is 1. The average Bonchev–Trinajstić information content (AvgIpc) is 3.07. The van der Waals surface area contributed by atoms with Crippen LogP contribution in [0.3, 0.4) is 0 Å². The van der Waals surface area contributed by atoms with Crippen molar-refractivity contribution in [3.63, 3.8) is 0 Å². The minimum absolute atomic E-state index is 0.0273. The number of aromatic nitrogens is 2. The fraction of sp³-hybridized carbons (Fsp3) is 0.429. The predicted molar refractivity (Wildman–Crippen MR) is 111 cm³/mol. The van der Waals surface area contributed by atoms with E-state index < -0.39 is 11.8 Å². The van der Waals surface area contributed by atoms with Gasteiger partial charge >= 0.3 is 0 Å². The number of nitrogens with zero attached hydrogens (tertiary/aromatic N) is 2. The molecule has 30 heavy (non-hydrogen) atoms. The fourth-order valence-corrected chi connectivity index (χ4v) is 3.78. The van der Waals surface area contributed by atoms with Crippen LogP contribution in [0.5, 0.6) is 5.75 Å². The van der Waals surface area contributed by atoms with E-state index in [1.54, 1.807) is 31.2 Å². The molecule has 2 aromatic rings. The van der Waals surface area contributed by atoms with E-state index in [0.29, 0.717) is 17.0 Å². The monoisotopic (exact) mass is 413 g/mol. The van der Waals surface area contributed by atoms with Crippen LogP contribution in [0.2, 0.25) is 0 Å². The Morgan fingerprint density at radius 2 is 1.83 bits per heavy atom. The summed E-state index contributed by atoms with van der Waals surface area (Å²) >= 11 is 0. The topological polar surface area (TPSA) is 130 Å². The molecule has 2 unspecified atom stereocenters. The normalized spacial score (nSPS) is 18.7. The van der Waals surface area contributed by atoms with Gasteiger partial charge in [-0.05, 0) is 64.3 Å². The fourth-order valence-electron chi connectivity index (χ4n) is 3.78. The van der Waals surface area contributed by atoms with E-state index in [9.17, 15) is 14.4 Å². The number of piperidine rings is 1. The van der Waals surface area contributed by atoms with Crippen LogP contribution in [0.15, 0.2) is 24.3 Å². The number of nitrogens with two attached hydrogens (primary N) is 1. The maximum atomic E-state index is 12.6. The first kappa shape index (κ1) is 21.4. The Labute approximate surface area is 175 Å². The lowest BCUT2D eigenvalue weighted by Gasteiger charge is -2.38. The largest absolute Gasteiger partial charge is 0.484 e. The molecule has 1 aliphatic rings. The molecule has 9 heteroatoms. The van der Waals surface area contributed by atoms with E-state index in [4.69, 9.17) is 10.5 Å². The van der Waals surface area contributed by atoms with Crippen LogP contribution < -0.4 is 15.8 Å². The number of hydrogen-bond donors (Lipinski definition) is 3. The SMILES string of the molecule is Cc1[nH]nc(C(N)=O)c1NC(=O)c1ccc(OCC(=O)N2C(C)CCCC2C)cc1. The number of rotatable bonds is 6. The van der Waals surface area contributed by atoms with Crippen molar-refractivity contribution < 1.29 is 19.1 Å². The summed E-state index contributed by atoms with van der Waals surface area (Å²) in [5, 5.41) is 9.06. The molecule has 2 atom stereocenters. The van der Waals surface area contributed by atoms with Gasteiger partial charge < -0.3 is 20.7 Å². The van der Waals surface area contributed by atoms with Gasteiger partial charge in [-0.3, -0.25) is 19.5 Å². The summed E-state index contributed by atoms with van der Waals surface area (Å²) < 4.78 is 5.63. The van der Waals surface area contributed by atoms with Gasteiger partial charge in [0.25, 0.3) is 17.7 Å². The zero-order valence-electron chi connectivity index (χ0n) is 17.4. The molecule has 1 aliphatic heterocycles. The first-order chi connectivity index (χ1) is 14.3. The summed E-state index contributed by atoms with van der Waals surface area (Å²) in [4.78, 5) is 38.4. The number of ether oxygens (including phenoxy) is 1. The number of hydrogen-bond acceptors (Lipinski definition) is 5. The molecule has 9 nitrogen and oxygen atoms in total. The summed E-state index contributed by atoms with van der Waals surface area (Å²) in [6, 6.07) is 6.85. The van der Waals surface area contributed by atoms with Crippen molar-refractivity contribution in [3.05, 3.63) is 41.2 Å². The van der Waals surface area contributed by atoms with Crippen molar-refractivity contribution in [2.45, 2.75) is 52.1 Å². The number of carbonyl (C=O) groups is 3. The first-order valence-corrected chi connectivity index (χ1v) is 9.98. The van der Waals surface area contributed by atoms with Gasteiger partial charge in [-0.2, -0.15) is 5.10 Å². The molecule has 0 bridgehead atoms. The van der Waals surface area contributed by atoms with Gasteiger partial charge in [0.15, 0.2) is 12.3 Å². The van der Waals surface area contributed by atoms with Crippen LogP contribution in [-0.4, -0.2) is 51.5 Å². The van der Waals surface area contributed by atoms with Crippen LogP contribution in [0.1, 0.15) is 59.7 Å². The van der Waals surface area contributed by atoms with Crippen LogP contribution >= 0.6 is 0 Å². The Hall–Kier alpha value is -3.36. The van der Waals surface area contributed by atoms with Crippen LogP contribution in [0.25, 0.3) is 0 Å². The summed E-state index contributed by atoms with van der Waals surface area (Å²) in [5.41, 5.74) is 6.38. The lowest BCUT2D eigenvalue weighted by Crippen LogP contribution is -2.49. The highest BCUT2D eigenvalue weighted by molar-refractivity contribution is 6.08. The van der Waals surface area contributed by atoms with Gasteiger partial charge in [0.1, 0.15) is 5.75 Å². The molecule has 160 valence electrons. The molecule has 0 saturated carbocycles. The highest BCUT2D eigenvalue weighted by Crippen LogP contribution is 2.23. The molecular weight excluding hydrogens is 386 g/mol. The third-order valence-corrected chi connectivity index (χ3v) is 5.38. The zero-order valence-corrected chi connectivity index (χ0v) is 17.4. The van der Waals surface area contributed by atoms with Crippen molar-refractivity contribution in [1.29, 1.82) is 0 Å². The average molecular weight is 413 g/mol. The molecular formula is C21H27N5O4. The van der Waals surface area contributed by atoms with Crippen LogP contribution in [0, 0.1) is 6.92 Å². The quantitative estimate of drug-likeness (QED) is 0.668. The van der Waals surface area contributed by atoms with Crippen molar-refractivity contribution in [2.75, 3.05) is 11.9 Å². The maximum Gasteiger partial charge on any atom is 0.271 e. The zero-order chi connectivity index (χ0) is 21.8. The van der Waals surface area contributed by atoms with Gasteiger partial charge in [0.2, 0.25) is 0 Å². The number of H-pyrrole nitrogens is 1. The number of amides is 3. The number of carbonyl (C=O) groups excluding carboxylic acids is 3. The van der Waals surface area contributed by atoms with Crippen LogP contribution in [-0.2, 0) is 4.79 Å². The van der Waals surface area contributed by atoms with Crippen molar-refractivity contribution >= 4 is 23.4 Å². The Bertz CT molecular complexity index is 927. The highest BCUT2D eigenvalue weighted by atomic mass is 16.5. The standard InChI is InChI=1S/C21H27N5O4/c1-12-5-4-6-13(2)26(12)17(27)11-30-16-9-7-15(8-10-16)21(29)23-18-14(3)24-25-19(18)20(22)28/h7-10,12-13H,4-6,11H2,1-3H3,(H2,22,28)(H,23,29)(H,24,25). The molecule has 1 aromatic carbocycles. The molecule has 0 aliphatic carbocycles. The van der Waals surface area contributed by atoms with Gasteiger partial charge in [-0.1, -0.05) is 0 Å². The molecule has 1 fully saturated rings. The smallest absolute Gasteiger partial charge is 0.271 e. The Kier molecular flexibility index (Phi) is 6.39. The first-order valence-electron chi connectivity index (χ1n) is 9.98. The number of aryl methyl sites for hydroxylation is 1. The number of anilines is 1. The summed E-state index contributed by atoms with van der Waals surface area (Å²) in [7, 11) is 0. The number of aromatic amines is 1. The third-order valence-electron chi connectivity index (χ3n) is 5.38. The van der Waals surface area contributed by atoms with E-state index >= 15 is 0 Å². The van der Waals surface area contributed by atoms with Crippen molar-refractivity contribution in [3.8, 4) is 5.75 Å². The predicted octanol–water partition coefficient (Wildman–Crippen LogP) is 2.24. The van der Waals surface area contributed by atoms with Gasteiger partial charge in [0, 0.05) is 17.6 Å². The molecule has 3 amide bonds. The van der Waals surface area contributed by atoms with Crippen molar-refractivity contribution in [1.82, 2.24) is 15.1 Å². The van der Waals surface area contributed by atoms with E-state index in [1.165, 1.54) is 0 Å². The second-order valence-corrected chi connectivity index (χ2v) is 7.63. The Morgan fingerprint density at radius 3 is 2.43 bits per heavy atom.